The van der Waals surface area contributed by atoms with E-state index < -0.39 is 5.91 Å². The molecule has 1 aromatic heterocycles. The van der Waals surface area contributed by atoms with E-state index in [1.807, 2.05) is 12.1 Å². The summed E-state index contributed by atoms with van der Waals surface area (Å²) in [5, 5.41) is 1.40. The fourth-order valence-electron chi connectivity index (χ4n) is 2.11. The van der Waals surface area contributed by atoms with Gasteiger partial charge in [-0.25, -0.2) is 4.98 Å². The predicted octanol–water partition coefficient (Wildman–Crippen LogP) is 4.02. The number of amides is 1. The molecule has 4 nitrogen and oxygen atoms in total. The van der Waals surface area contributed by atoms with Gasteiger partial charge >= 0.3 is 0 Å². The van der Waals surface area contributed by atoms with Gasteiger partial charge in [-0.3, -0.25) is 9.36 Å². The lowest BCUT2D eigenvalue weighted by atomic mass is 10.2. The molecule has 1 aromatic carbocycles. The summed E-state index contributed by atoms with van der Waals surface area (Å²) in [6.07, 6.45) is 4.88. The minimum atomic E-state index is -0.476. The third kappa shape index (κ3) is 3.15. The third-order valence-corrected chi connectivity index (χ3v) is 6.60. The molecule has 0 saturated carbocycles. The lowest BCUT2D eigenvalue weighted by Gasteiger charge is -2.11. The number of hydrogen-bond donors (Lipinski definition) is 1. The van der Waals surface area contributed by atoms with Crippen molar-refractivity contribution in [3.63, 3.8) is 0 Å². The number of nitrogens with zero attached hydrogens (tertiary/aromatic N) is 2. The molecule has 2 heterocycles. The van der Waals surface area contributed by atoms with Crippen LogP contribution in [0.4, 0.5) is 0 Å². The lowest BCUT2D eigenvalue weighted by Crippen LogP contribution is -2.17. The highest BCUT2D eigenvalue weighted by atomic mass is 35.5. The summed E-state index contributed by atoms with van der Waals surface area (Å²) < 4.78 is 2.52. The van der Waals surface area contributed by atoms with Crippen LogP contribution in [0.1, 0.15) is 10.8 Å². The van der Waals surface area contributed by atoms with Gasteiger partial charge in [-0.1, -0.05) is 29.3 Å². The molecular weight excluding hydrogens is 361 g/mol. The van der Waals surface area contributed by atoms with Gasteiger partial charge in [0.2, 0.25) is 0 Å². The molecule has 1 fully saturated rings. The van der Waals surface area contributed by atoms with Gasteiger partial charge in [0.05, 0.1) is 10.6 Å². The van der Waals surface area contributed by atoms with Crippen LogP contribution in [0, 0.1) is 0 Å². The van der Waals surface area contributed by atoms with Crippen LogP contribution in [-0.2, 0) is 4.79 Å². The van der Waals surface area contributed by atoms with E-state index in [4.69, 9.17) is 28.9 Å². The summed E-state index contributed by atoms with van der Waals surface area (Å²) in [4.78, 5) is 15.7. The average Bonchev–Trinajstić information content (AvgIpc) is 3.11. The van der Waals surface area contributed by atoms with E-state index in [1.54, 1.807) is 52.9 Å². The molecule has 2 N–H and O–H groups in total. The molecule has 1 unspecified atom stereocenters. The van der Waals surface area contributed by atoms with E-state index in [2.05, 4.69) is 4.98 Å². The van der Waals surface area contributed by atoms with Crippen molar-refractivity contribution in [2.75, 3.05) is 5.75 Å². The molecule has 22 heavy (non-hydrogen) atoms. The van der Waals surface area contributed by atoms with Crippen LogP contribution in [0.3, 0.4) is 0 Å². The minimum absolute atomic E-state index is 0.155. The van der Waals surface area contributed by atoms with Crippen molar-refractivity contribution in [2.45, 2.75) is 5.25 Å². The van der Waals surface area contributed by atoms with Gasteiger partial charge in [-0.15, -0.1) is 23.5 Å². The smallest absolute Gasteiger partial charge is 0.267 e. The minimum Gasteiger partial charge on any atom is -0.364 e. The van der Waals surface area contributed by atoms with Crippen molar-refractivity contribution in [1.29, 1.82) is 0 Å². The van der Waals surface area contributed by atoms with Gasteiger partial charge in [-0.05, 0) is 17.7 Å². The Hall–Kier alpha value is -1.08. The number of rotatable bonds is 3. The first kappa shape index (κ1) is 15.8. The normalized spacial score (nSPS) is 20.2. The summed E-state index contributed by atoms with van der Waals surface area (Å²) >= 11 is 15.4. The zero-order chi connectivity index (χ0) is 15.7. The van der Waals surface area contributed by atoms with Crippen LogP contribution in [-0.4, -0.2) is 21.2 Å². The maximum Gasteiger partial charge on any atom is 0.267 e. The Labute approximate surface area is 146 Å². The Morgan fingerprint density at radius 2 is 2.23 bits per heavy atom. The Morgan fingerprint density at radius 1 is 1.41 bits per heavy atom. The number of hydrogen-bond acceptors (Lipinski definition) is 4. The van der Waals surface area contributed by atoms with E-state index in [1.165, 1.54) is 0 Å². The van der Waals surface area contributed by atoms with Gasteiger partial charge in [0.15, 0.2) is 0 Å². The zero-order valence-corrected chi connectivity index (χ0v) is 14.3. The topological polar surface area (TPSA) is 60.9 Å². The van der Waals surface area contributed by atoms with E-state index in [0.29, 0.717) is 15.7 Å². The Balaban J connectivity index is 1.93. The molecule has 0 radical (unpaired) electrons. The number of carbonyl (C=O) groups is 1. The molecule has 1 atom stereocenters. The van der Waals surface area contributed by atoms with E-state index in [-0.39, 0.29) is 5.25 Å². The van der Waals surface area contributed by atoms with Gasteiger partial charge in [-0.2, -0.15) is 0 Å². The molecule has 8 heteroatoms. The second-order valence-corrected chi connectivity index (χ2v) is 7.90. The van der Waals surface area contributed by atoms with Crippen LogP contribution in [0.25, 0.3) is 5.70 Å². The Kier molecular flexibility index (Phi) is 4.73. The van der Waals surface area contributed by atoms with Gasteiger partial charge in [0.1, 0.15) is 5.70 Å². The monoisotopic (exact) mass is 371 g/mol. The highest BCUT2D eigenvalue weighted by Crippen LogP contribution is 2.53. The number of primary amides is 1. The molecule has 0 aliphatic carbocycles. The molecule has 2 aromatic rings. The molecule has 1 aliphatic heterocycles. The first-order chi connectivity index (χ1) is 10.6. The quantitative estimate of drug-likeness (QED) is 0.827. The molecule has 0 spiro atoms. The molecule has 3 rings (SSSR count). The summed E-state index contributed by atoms with van der Waals surface area (Å²) in [5.74, 6) is 0.336. The molecule has 114 valence electrons. The van der Waals surface area contributed by atoms with E-state index in [0.717, 1.165) is 15.6 Å². The first-order valence-corrected chi connectivity index (χ1v) is 8.95. The summed E-state index contributed by atoms with van der Waals surface area (Å²) in [7, 11) is 0. The van der Waals surface area contributed by atoms with Gasteiger partial charge in [0.25, 0.3) is 5.91 Å². The third-order valence-electron chi connectivity index (χ3n) is 3.11. The number of benzene rings is 1. The number of thioether (sulfide) groups is 2. The van der Waals surface area contributed by atoms with Crippen molar-refractivity contribution in [1.82, 2.24) is 9.55 Å². The highest BCUT2D eigenvalue weighted by molar-refractivity contribution is 8.25. The van der Waals surface area contributed by atoms with Crippen molar-refractivity contribution >= 4 is 58.3 Å². The number of carbonyl (C=O) groups excluding carboxylic acids is 1. The summed E-state index contributed by atoms with van der Waals surface area (Å²) in [6, 6.07) is 5.48. The number of aromatic nitrogens is 2. The van der Waals surface area contributed by atoms with E-state index in [9.17, 15) is 4.79 Å². The second kappa shape index (κ2) is 6.58. The van der Waals surface area contributed by atoms with Gasteiger partial charge in [0, 0.05) is 33.4 Å². The SMILES string of the molecule is NC(=O)/C(=C1\SCC(c2ccc(Cl)cc2Cl)S1)n1ccnc1. The fourth-order valence-corrected chi connectivity index (χ4v) is 5.75. The Morgan fingerprint density at radius 3 is 2.86 bits per heavy atom. The molecule has 0 bridgehead atoms. The van der Waals surface area contributed by atoms with Crippen LogP contribution in [0.15, 0.2) is 41.2 Å². The van der Waals surface area contributed by atoms with Crippen LogP contribution >= 0.6 is 46.7 Å². The van der Waals surface area contributed by atoms with Crippen molar-refractivity contribution in [2.24, 2.45) is 5.73 Å². The number of nitrogens with two attached hydrogens (primary N) is 1. The predicted molar refractivity (Wildman–Crippen MR) is 93.9 cm³/mol. The molecular formula is C14H11Cl2N3OS2. The highest BCUT2D eigenvalue weighted by Gasteiger charge is 2.29. The fraction of sp³-hybridized carbons (Fsp3) is 0.143. The van der Waals surface area contributed by atoms with E-state index >= 15 is 0 Å². The standard InChI is InChI=1S/C14H11Cl2N3OS2/c15-8-1-2-9(10(16)5-8)11-6-21-14(22-11)12(13(17)20)19-4-3-18-7-19/h1-5,7,11H,6H2,(H2,17,20)/b14-12-. The average molecular weight is 372 g/mol. The summed E-state index contributed by atoms with van der Waals surface area (Å²) in [6.45, 7) is 0. The first-order valence-electron chi connectivity index (χ1n) is 6.33. The largest absolute Gasteiger partial charge is 0.364 e. The van der Waals surface area contributed by atoms with Gasteiger partial charge < -0.3 is 5.73 Å². The zero-order valence-electron chi connectivity index (χ0n) is 11.2. The second-order valence-electron chi connectivity index (χ2n) is 4.55. The van der Waals surface area contributed by atoms with Crippen molar-refractivity contribution < 1.29 is 4.79 Å². The van der Waals surface area contributed by atoms with Crippen LogP contribution in [0.5, 0.6) is 0 Å². The van der Waals surface area contributed by atoms with Crippen molar-refractivity contribution in [3.05, 3.63) is 56.8 Å². The van der Waals surface area contributed by atoms with Crippen molar-refractivity contribution in [3.8, 4) is 0 Å². The maximum atomic E-state index is 11.8. The summed E-state index contributed by atoms with van der Waals surface area (Å²) in [5.41, 5.74) is 6.98. The van der Waals surface area contributed by atoms with Crippen LogP contribution in [0.2, 0.25) is 10.0 Å². The lowest BCUT2D eigenvalue weighted by molar-refractivity contribution is -0.113. The number of halogens is 2. The molecule has 1 amide bonds. The molecule has 1 saturated heterocycles. The maximum absolute atomic E-state index is 11.8. The molecule has 1 aliphatic rings. The Bertz CT molecular complexity index is 747. The van der Waals surface area contributed by atoms with Crippen LogP contribution < -0.4 is 5.73 Å². The number of imidazole rings is 1.